The molecule has 3 rings (SSSR count). The highest BCUT2D eigenvalue weighted by molar-refractivity contribution is 5.77. The number of amides is 2. The van der Waals surface area contributed by atoms with Gasteiger partial charge >= 0.3 is 5.97 Å². The number of carboxylic acid groups (broad SMARTS) is 1. The van der Waals surface area contributed by atoms with Crippen molar-refractivity contribution < 1.29 is 104 Å². The lowest BCUT2D eigenvalue weighted by molar-refractivity contribution is -0.386. The molecule has 650 valence electrons. The molecule has 3 aliphatic heterocycles. The number of hydrogen-bond acceptors (Lipinski definition) is 20. The number of carboxylic acids is 1. The van der Waals surface area contributed by atoms with Gasteiger partial charge in [0.25, 0.3) is 5.79 Å². The van der Waals surface area contributed by atoms with Gasteiger partial charge in [-0.2, -0.15) is 0 Å². The number of hydrogen-bond donors (Lipinski definition) is 14. The van der Waals surface area contributed by atoms with Crippen LogP contribution >= 0.6 is 0 Å². The summed E-state index contributed by atoms with van der Waals surface area (Å²) < 4.78 is 35.1. The van der Waals surface area contributed by atoms with Crippen LogP contribution in [0.3, 0.4) is 0 Å². The van der Waals surface area contributed by atoms with Crippen LogP contribution in [0.1, 0.15) is 400 Å². The van der Waals surface area contributed by atoms with Crippen LogP contribution < -0.4 is 10.6 Å². The summed E-state index contributed by atoms with van der Waals surface area (Å²) in [6.45, 7) is 2.30. The van der Waals surface area contributed by atoms with E-state index in [0.717, 1.165) is 51.9 Å². The molecule has 0 radical (unpaired) electrons. The second kappa shape index (κ2) is 65.7. The minimum absolute atomic E-state index is 0.230. The summed E-state index contributed by atoms with van der Waals surface area (Å²) in [5.41, 5.74) is 0. The third kappa shape index (κ3) is 44.3. The number of unbranched alkanes of at least 4 members (excludes halogenated alkanes) is 54. The fraction of sp³-hybridized carbons (Fsp3) is 0.966. The molecule has 18 atom stereocenters. The number of carbonyl (C=O) groups excluding carboxylic acids is 2. The first-order valence-electron chi connectivity index (χ1n) is 45.4. The smallest absolute Gasteiger partial charge is 0.364 e. The number of carbonyl (C=O) groups is 3. The summed E-state index contributed by atoms with van der Waals surface area (Å²) in [6.07, 6.45) is 44.0. The van der Waals surface area contributed by atoms with Crippen molar-refractivity contribution in [1.29, 1.82) is 0 Å². The lowest BCUT2D eigenvalue weighted by Gasteiger charge is -2.50. The average molecular weight is 1580 g/mol. The second-order valence-corrected chi connectivity index (χ2v) is 33.2. The topological polar surface area (TPSA) is 373 Å². The summed E-state index contributed by atoms with van der Waals surface area (Å²) in [5, 5.41) is 137. The Bertz CT molecular complexity index is 2180. The molecule has 0 spiro atoms. The van der Waals surface area contributed by atoms with Crippen LogP contribution in [0.15, 0.2) is 0 Å². The van der Waals surface area contributed by atoms with E-state index < -0.39 is 148 Å². The average Bonchev–Trinajstić information content (AvgIpc) is 0.753. The molecule has 23 nitrogen and oxygen atoms in total. The summed E-state index contributed by atoms with van der Waals surface area (Å²) in [5.74, 6) is -6.08. The van der Waals surface area contributed by atoms with Gasteiger partial charge in [0, 0.05) is 19.8 Å². The summed E-state index contributed by atoms with van der Waals surface area (Å²) in [6, 6.07) is -2.53. The first kappa shape index (κ1) is 102. The van der Waals surface area contributed by atoms with E-state index in [1.165, 1.54) is 302 Å². The predicted octanol–water partition coefficient (Wildman–Crippen LogP) is 14.3. The van der Waals surface area contributed by atoms with E-state index in [9.17, 15) is 75.7 Å². The molecular weight excluding hydrogens is 1410 g/mol. The van der Waals surface area contributed by atoms with Crippen molar-refractivity contribution in [2.45, 2.75) is 509 Å². The van der Waals surface area contributed by atoms with Crippen LogP contribution in [0.2, 0.25) is 0 Å². The standard InChI is InChI=1S/C87H166N2O21/c1-4-6-8-10-12-14-16-18-20-22-24-26-28-30-31-32-33-34-35-36-37-39-41-43-45-47-49-51-53-55-57-59-61-74(97)89-68(69(94)60-58-56-54-52-50-48-46-44-42-40-38-29-27-25-23-21-19-17-15-13-11-9-7-5-2)66-105-84-79(101)78(100)81(73(65-92)107-84)108-85-80(102)83(77(99)72(64-91)106-85)110-87(86(103)104)62-70(95)75(88-67(3)93)82(109-87)76(98)71(96)63-90/h68-73,75-85,90-92,94-96,98-102H,4-66H2,1-3H3,(H,88,93)(H,89,97)(H,103,104). The second-order valence-electron chi connectivity index (χ2n) is 33.2. The maximum Gasteiger partial charge on any atom is 0.364 e. The van der Waals surface area contributed by atoms with Crippen molar-refractivity contribution in [2.24, 2.45) is 0 Å². The highest BCUT2D eigenvalue weighted by Crippen LogP contribution is 2.39. The Morgan fingerprint density at radius 2 is 0.791 bits per heavy atom. The van der Waals surface area contributed by atoms with Gasteiger partial charge in [0.1, 0.15) is 67.1 Å². The largest absolute Gasteiger partial charge is 0.477 e. The molecule has 0 aliphatic carbocycles. The van der Waals surface area contributed by atoms with E-state index in [1.807, 2.05) is 0 Å². The van der Waals surface area contributed by atoms with Crippen LogP contribution in [0.25, 0.3) is 0 Å². The summed E-state index contributed by atoms with van der Waals surface area (Å²) >= 11 is 0. The zero-order chi connectivity index (χ0) is 80.3. The quantitative estimate of drug-likeness (QED) is 0.0252. The zero-order valence-electron chi connectivity index (χ0n) is 69.4. The van der Waals surface area contributed by atoms with Crippen molar-refractivity contribution in [3.8, 4) is 0 Å². The fourth-order valence-electron chi connectivity index (χ4n) is 16.2. The van der Waals surface area contributed by atoms with E-state index in [0.29, 0.717) is 19.3 Å². The molecule has 3 fully saturated rings. The number of aliphatic hydroxyl groups is 11. The molecule has 3 heterocycles. The van der Waals surface area contributed by atoms with Crippen molar-refractivity contribution >= 4 is 17.8 Å². The molecule has 23 heteroatoms. The molecule has 0 aromatic heterocycles. The maximum atomic E-state index is 13.6. The molecule has 0 bridgehead atoms. The van der Waals surface area contributed by atoms with E-state index in [4.69, 9.17) is 28.4 Å². The summed E-state index contributed by atoms with van der Waals surface area (Å²) in [7, 11) is 0. The lowest BCUT2D eigenvalue weighted by Crippen LogP contribution is -2.70. The fourth-order valence-corrected chi connectivity index (χ4v) is 16.2. The Labute approximate surface area is 665 Å². The number of aliphatic hydroxyl groups excluding tert-OH is 11. The van der Waals surface area contributed by atoms with Gasteiger partial charge in [-0.3, -0.25) is 9.59 Å². The van der Waals surface area contributed by atoms with Crippen molar-refractivity contribution in [2.75, 3.05) is 26.4 Å². The predicted molar refractivity (Wildman–Crippen MR) is 431 cm³/mol. The van der Waals surface area contributed by atoms with Gasteiger partial charge in [-0.25, -0.2) is 4.79 Å². The van der Waals surface area contributed by atoms with Gasteiger partial charge in [0.05, 0.1) is 50.7 Å². The van der Waals surface area contributed by atoms with Gasteiger partial charge in [-0.05, 0) is 12.8 Å². The van der Waals surface area contributed by atoms with E-state index in [-0.39, 0.29) is 18.9 Å². The Morgan fingerprint density at radius 1 is 0.436 bits per heavy atom. The third-order valence-electron chi connectivity index (χ3n) is 23.3. The normalized spacial score (nSPS) is 25.5. The molecule has 0 saturated carbocycles. The van der Waals surface area contributed by atoms with Crippen LogP contribution in [-0.2, 0) is 42.8 Å². The van der Waals surface area contributed by atoms with Crippen LogP contribution in [0.4, 0.5) is 0 Å². The Kier molecular flexibility index (Phi) is 60.9. The van der Waals surface area contributed by atoms with Crippen LogP contribution in [0.5, 0.6) is 0 Å². The maximum absolute atomic E-state index is 13.6. The molecule has 14 N–H and O–H groups in total. The Hall–Kier alpha value is -2.27. The van der Waals surface area contributed by atoms with Gasteiger partial charge in [0.15, 0.2) is 12.6 Å². The first-order valence-corrected chi connectivity index (χ1v) is 45.4. The highest BCUT2D eigenvalue weighted by atomic mass is 16.8. The minimum Gasteiger partial charge on any atom is -0.477 e. The van der Waals surface area contributed by atoms with Crippen molar-refractivity contribution in [3.05, 3.63) is 0 Å². The Morgan fingerprint density at radius 3 is 1.14 bits per heavy atom. The number of ether oxygens (including phenoxy) is 6. The van der Waals surface area contributed by atoms with Crippen LogP contribution in [0, 0.1) is 0 Å². The lowest BCUT2D eigenvalue weighted by atomic mass is 9.88. The molecule has 0 aromatic carbocycles. The van der Waals surface area contributed by atoms with Crippen LogP contribution in [-0.4, -0.2) is 215 Å². The molecule has 2 amide bonds. The first-order chi connectivity index (χ1) is 53.4. The molecular formula is C87H166N2O21. The monoisotopic (exact) mass is 1580 g/mol. The summed E-state index contributed by atoms with van der Waals surface area (Å²) in [4.78, 5) is 38.8. The van der Waals surface area contributed by atoms with Crippen molar-refractivity contribution in [3.63, 3.8) is 0 Å². The molecule has 3 aliphatic rings. The van der Waals surface area contributed by atoms with Gasteiger partial charge in [0.2, 0.25) is 11.8 Å². The SMILES string of the molecule is CCCCCCCCCCCCCCCCCCCCCCCCCCCCCCCCCCC(=O)NC(COC1OC(CO)C(OC2OC(CO)C(O)C(OC3(C(=O)O)CC(O)C(NC(C)=O)C(C(O)C(O)CO)O3)C2O)C(O)C1O)C(O)CCCCCCCCCCCCCCCCCCCCCCCCCC. The highest BCUT2D eigenvalue weighted by Gasteiger charge is 2.60. The molecule has 3 saturated heterocycles. The molecule has 18 unspecified atom stereocenters. The molecule has 0 aromatic rings. The number of nitrogens with one attached hydrogen (secondary N) is 2. The minimum atomic E-state index is -3.08. The molecule has 110 heavy (non-hydrogen) atoms. The van der Waals surface area contributed by atoms with Gasteiger partial charge < -0.3 is 100 Å². The van der Waals surface area contributed by atoms with E-state index >= 15 is 0 Å². The number of rotatable bonds is 74. The van der Waals surface area contributed by atoms with E-state index in [2.05, 4.69) is 24.5 Å². The van der Waals surface area contributed by atoms with Crippen molar-refractivity contribution in [1.82, 2.24) is 10.6 Å². The Balaban J connectivity index is 1.44. The van der Waals surface area contributed by atoms with E-state index in [1.54, 1.807) is 0 Å². The third-order valence-corrected chi connectivity index (χ3v) is 23.3. The van der Waals surface area contributed by atoms with Gasteiger partial charge in [-0.1, -0.05) is 367 Å². The zero-order valence-corrected chi connectivity index (χ0v) is 69.4. The van der Waals surface area contributed by atoms with Gasteiger partial charge in [-0.15, -0.1) is 0 Å². The number of aliphatic carboxylic acids is 1.